The lowest BCUT2D eigenvalue weighted by molar-refractivity contribution is 0.329. The van der Waals surface area contributed by atoms with Gasteiger partial charge < -0.3 is 0 Å². The van der Waals surface area contributed by atoms with Crippen molar-refractivity contribution in [1.29, 1.82) is 5.26 Å². The zero-order chi connectivity index (χ0) is 11.1. The van der Waals surface area contributed by atoms with Crippen molar-refractivity contribution in [3.05, 3.63) is 47.5 Å². The molecule has 0 aromatic heterocycles. The van der Waals surface area contributed by atoms with Crippen LogP contribution in [0.4, 0.5) is 0 Å². The average molecular weight is 221 g/mol. The molecule has 0 saturated carbocycles. The smallest absolute Gasteiger partial charge is 0.0872 e. The van der Waals surface area contributed by atoms with Crippen molar-refractivity contribution in [3.63, 3.8) is 0 Å². The molecule has 0 aliphatic rings. The number of benzene rings is 1. The minimum Gasteiger partial charge on any atom is -0.281 e. The van der Waals surface area contributed by atoms with E-state index in [0.717, 1.165) is 6.54 Å². The third kappa shape index (κ3) is 4.64. The molecule has 3 heteroatoms. The molecule has 1 aromatic carbocycles. The second kappa shape index (κ2) is 6.23. The molecule has 0 aliphatic heterocycles. The molecular formula is C12H13ClN2. The van der Waals surface area contributed by atoms with Crippen molar-refractivity contribution in [2.45, 2.75) is 6.54 Å². The van der Waals surface area contributed by atoms with Crippen LogP contribution < -0.4 is 0 Å². The van der Waals surface area contributed by atoms with Gasteiger partial charge in [-0.05, 0) is 5.56 Å². The van der Waals surface area contributed by atoms with Crippen LogP contribution in [0, 0.1) is 11.3 Å². The van der Waals surface area contributed by atoms with Gasteiger partial charge in [-0.1, -0.05) is 48.5 Å². The molecule has 78 valence electrons. The van der Waals surface area contributed by atoms with Crippen molar-refractivity contribution >= 4 is 11.6 Å². The highest BCUT2D eigenvalue weighted by Crippen LogP contribution is 2.07. The highest BCUT2D eigenvalue weighted by Gasteiger charge is 2.05. The lowest BCUT2D eigenvalue weighted by Crippen LogP contribution is -2.24. The van der Waals surface area contributed by atoms with Crippen molar-refractivity contribution in [1.82, 2.24) is 4.90 Å². The van der Waals surface area contributed by atoms with E-state index < -0.39 is 0 Å². The molecule has 0 heterocycles. The van der Waals surface area contributed by atoms with Crippen LogP contribution in [-0.2, 0) is 6.54 Å². The SMILES string of the molecule is C=C(Cl)CN(CC#N)Cc1ccccc1. The van der Waals surface area contributed by atoms with E-state index in [1.807, 2.05) is 35.2 Å². The number of halogens is 1. The van der Waals surface area contributed by atoms with Gasteiger partial charge in [0.1, 0.15) is 0 Å². The first-order valence-corrected chi connectivity index (χ1v) is 5.06. The summed E-state index contributed by atoms with van der Waals surface area (Å²) in [5.41, 5.74) is 1.17. The number of nitriles is 1. The van der Waals surface area contributed by atoms with E-state index in [2.05, 4.69) is 12.6 Å². The van der Waals surface area contributed by atoms with Crippen LogP contribution in [-0.4, -0.2) is 18.0 Å². The molecule has 0 N–H and O–H groups in total. The Balaban J connectivity index is 2.59. The number of hydrogen-bond donors (Lipinski definition) is 0. The van der Waals surface area contributed by atoms with Crippen LogP contribution in [0.5, 0.6) is 0 Å². The largest absolute Gasteiger partial charge is 0.281 e. The molecule has 0 saturated heterocycles. The fourth-order valence-corrected chi connectivity index (χ4v) is 1.52. The van der Waals surface area contributed by atoms with Gasteiger partial charge in [0.2, 0.25) is 0 Å². The van der Waals surface area contributed by atoms with Gasteiger partial charge in [0.05, 0.1) is 12.6 Å². The maximum Gasteiger partial charge on any atom is 0.0872 e. The molecule has 0 bridgehead atoms. The van der Waals surface area contributed by atoms with Gasteiger partial charge in [0.25, 0.3) is 0 Å². The molecule has 2 nitrogen and oxygen atoms in total. The van der Waals surface area contributed by atoms with Gasteiger partial charge in [-0.3, -0.25) is 4.90 Å². The van der Waals surface area contributed by atoms with Crippen LogP contribution in [0.25, 0.3) is 0 Å². The van der Waals surface area contributed by atoms with Crippen molar-refractivity contribution < 1.29 is 0 Å². The zero-order valence-electron chi connectivity index (χ0n) is 8.49. The molecule has 0 unspecified atom stereocenters. The quantitative estimate of drug-likeness (QED) is 0.714. The molecule has 0 radical (unpaired) electrons. The normalized spacial score (nSPS) is 9.93. The predicted molar refractivity (Wildman–Crippen MR) is 62.3 cm³/mol. The lowest BCUT2D eigenvalue weighted by Gasteiger charge is -2.18. The molecule has 0 amide bonds. The fourth-order valence-electron chi connectivity index (χ4n) is 1.35. The topological polar surface area (TPSA) is 27.0 Å². The first-order valence-electron chi connectivity index (χ1n) is 4.69. The van der Waals surface area contributed by atoms with Gasteiger partial charge in [-0.2, -0.15) is 5.26 Å². The summed E-state index contributed by atoms with van der Waals surface area (Å²) in [5, 5.41) is 9.22. The Morgan fingerprint density at radius 3 is 2.60 bits per heavy atom. The second-order valence-electron chi connectivity index (χ2n) is 3.31. The minimum atomic E-state index is 0.362. The maximum atomic E-state index is 8.66. The molecule has 0 atom stereocenters. The highest BCUT2D eigenvalue weighted by atomic mass is 35.5. The van der Waals surface area contributed by atoms with E-state index in [0.29, 0.717) is 18.1 Å². The Kier molecular flexibility index (Phi) is 4.89. The first-order chi connectivity index (χ1) is 7.22. The second-order valence-corrected chi connectivity index (χ2v) is 3.84. The van der Waals surface area contributed by atoms with E-state index in [9.17, 15) is 0 Å². The van der Waals surface area contributed by atoms with Crippen molar-refractivity contribution in [3.8, 4) is 6.07 Å². The van der Waals surface area contributed by atoms with E-state index in [1.54, 1.807) is 0 Å². The minimum absolute atomic E-state index is 0.362. The summed E-state index contributed by atoms with van der Waals surface area (Å²) in [6, 6.07) is 12.1. The zero-order valence-corrected chi connectivity index (χ0v) is 9.24. The van der Waals surface area contributed by atoms with Crippen LogP contribution in [0.3, 0.4) is 0 Å². The van der Waals surface area contributed by atoms with E-state index in [1.165, 1.54) is 5.56 Å². The van der Waals surface area contributed by atoms with Crippen molar-refractivity contribution in [2.75, 3.05) is 13.1 Å². The monoisotopic (exact) mass is 220 g/mol. The Labute approximate surface area is 95.4 Å². The Morgan fingerprint density at radius 2 is 2.07 bits per heavy atom. The summed E-state index contributed by atoms with van der Waals surface area (Å²) in [5.74, 6) is 0. The summed E-state index contributed by atoms with van der Waals surface area (Å²) < 4.78 is 0. The van der Waals surface area contributed by atoms with Gasteiger partial charge >= 0.3 is 0 Å². The molecule has 15 heavy (non-hydrogen) atoms. The van der Waals surface area contributed by atoms with Gasteiger partial charge in [-0.25, -0.2) is 0 Å². The van der Waals surface area contributed by atoms with E-state index >= 15 is 0 Å². The molecule has 0 aliphatic carbocycles. The molecule has 1 rings (SSSR count). The van der Waals surface area contributed by atoms with Crippen LogP contribution >= 0.6 is 11.6 Å². The first kappa shape index (κ1) is 11.8. The summed E-state index contributed by atoms with van der Waals surface area (Å²) in [6.07, 6.45) is 0. The number of nitrogens with zero attached hydrogens (tertiary/aromatic N) is 2. The van der Waals surface area contributed by atoms with E-state index in [4.69, 9.17) is 16.9 Å². The molecule has 0 fully saturated rings. The van der Waals surface area contributed by atoms with Crippen LogP contribution in [0.1, 0.15) is 5.56 Å². The molecule has 1 aromatic rings. The summed E-state index contributed by atoms with van der Waals surface area (Å²) in [6.45, 7) is 5.26. The third-order valence-corrected chi connectivity index (χ3v) is 2.06. The lowest BCUT2D eigenvalue weighted by atomic mass is 10.2. The highest BCUT2D eigenvalue weighted by molar-refractivity contribution is 6.29. The predicted octanol–water partition coefficient (Wildman–Crippen LogP) is 2.76. The summed E-state index contributed by atoms with van der Waals surface area (Å²) in [7, 11) is 0. The third-order valence-electron chi connectivity index (χ3n) is 1.94. The summed E-state index contributed by atoms with van der Waals surface area (Å²) in [4.78, 5) is 1.95. The Hall–Kier alpha value is -1.30. The van der Waals surface area contributed by atoms with Gasteiger partial charge in [0.15, 0.2) is 0 Å². The maximum absolute atomic E-state index is 8.66. The van der Waals surface area contributed by atoms with Crippen LogP contribution in [0.15, 0.2) is 41.9 Å². The van der Waals surface area contributed by atoms with Gasteiger partial charge in [-0.15, -0.1) is 0 Å². The van der Waals surface area contributed by atoms with E-state index in [-0.39, 0.29) is 0 Å². The van der Waals surface area contributed by atoms with Crippen LogP contribution in [0.2, 0.25) is 0 Å². The standard InChI is InChI=1S/C12H13ClN2/c1-11(13)9-15(8-7-14)10-12-5-3-2-4-6-12/h2-6H,1,8-10H2. The summed E-state index contributed by atoms with van der Waals surface area (Å²) >= 11 is 5.73. The average Bonchev–Trinajstić information content (AvgIpc) is 2.18. The van der Waals surface area contributed by atoms with Gasteiger partial charge in [0, 0.05) is 18.1 Å². The Morgan fingerprint density at radius 1 is 1.40 bits per heavy atom. The molecule has 0 spiro atoms. The number of rotatable bonds is 5. The number of hydrogen-bond acceptors (Lipinski definition) is 2. The Bertz CT molecular complexity index is 354. The fraction of sp³-hybridized carbons (Fsp3) is 0.250. The van der Waals surface area contributed by atoms with Crippen molar-refractivity contribution in [2.24, 2.45) is 0 Å². The molecular weight excluding hydrogens is 208 g/mol.